The van der Waals surface area contributed by atoms with Gasteiger partial charge in [0.05, 0.1) is 6.04 Å². The maximum absolute atomic E-state index is 13.2. The molecule has 134 valence electrons. The van der Waals surface area contributed by atoms with E-state index < -0.39 is 0 Å². The molecule has 0 saturated carbocycles. The Hall–Kier alpha value is -1.66. The number of benzene rings is 1. The number of carbonyl (C=O) groups is 1. The monoisotopic (exact) mass is 336 g/mol. The zero-order valence-corrected chi connectivity index (χ0v) is 15.1. The number of hydrogen-bond donors (Lipinski definition) is 2. The SMILES string of the molecule is CN1CCN(C(CNC(=O)NC(C)(C)C)c2ccc(F)cc2)CC1. The highest BCUT2D eigenvalue weighted by molar-refractivity contribution is 5.74. The molecule has 2 N–H and O–H groups in total. The van der Waals surface area contributed by atoms with Crippen molar-refractivity contribution >= 4 is 6.03 Å². The molecule has 1 aliphatic heterocycles. The number of halogens is 1. The molecule has 1 aromatic carbocycles. The number of urea groups is 1. The Morgan fingerprint density at radius 2 is 1.75 bits per heavy atom. The lowest BCUT2D eigenvalue weighted by molar-refractivity contribution is 0.111. The van der Waals surface area contributed by atoms with Gasteiger partial charge in [-0.25, -0.2) is 9.18 Å². The average molecular weight is 336 g/mol. The van der Waals surface area contributed by atoms with Crippen molar-refractivity contribution in [2.24, 2.45) is 0 Å². The van der Waals surface area contributed by atoms with E-state index in [0.29, 0.717) is 6.54 Å². The van der Waals surface area contributed by atoms with Gasteiger partial charge in [0.2, 0.25) is 0 Å². The summed E-state index contributed by atoms with van der Waals surface area (Å²) in [6, 6.07) is 6.44. The molecule has 1 fully saturated rings. The molecule has 0 aromatic heterocycles. The van der Waals surface area contributed by atoms with E-state index in [4.69, 9.17) is 0 Å². The summed E-state index contributed by atoms with van der Waals surface area (Å²) in [6.07, 6.45) is 0. The van der Waals surface area contributed by atoms with E-state index in [1.807, 2.05) is 32.9 Å². The fourth-order valence-electron chi connectivity index (χ4n) is 2.85. The highest BCUT2D eigenvalue weighted by atomic mass is 19.1. The van der Waals surface area contributed by atoms with Crippen molar-refractivity contribution in [1.29, 1.82) is 0 Å². The molecular weight excluding hydrogens is 307 g/mol. The number of nitrogens with zero attached hydrogens (tertiary/aromatic N) is 2. The molecule has 24 heavy (non-hydrogen) atoms. The lowest BCUT2D eigenvalue weighted by atomic mass is 10.0. The van der Waals surface area contributed by atoms with Crippen molar-refractivity contribution in [1.82, 2.24) is 20.4 Å². The van der Waals surface area contributed by atoms with Crippen LogP contribution in [0.2, 0.25) is 0 Å². The minimum absolute atomic E-state index is 0.0463. The van der Waals surface area contributed by atoms with Gasteiger partial charge >= 0.3 is 6.03 Å². The fourth-order valence-corrected chi connectivity index (χ4v) is 2.85. The molecule has 5 nitrogen and oxygen atoms in total. The molecule has 1 aromatic rings. The van der Waals surface area contributed by atoms with Crippen LogP contribution in [0, 0.1) is 5.82 Å². The summed E-state index contributed by atoms with van der Waals surface area (Å²) in [5.74, 6) is -0.241. The molecule has 1 saturated heterocycles. The largest absolute Gasteiger partial charge is 0.336 e. The number of nitrogens with one attached hydrogen (secondary N) is 2. The summed E-state index contributed by atoms with van der Waals surface area (Å²) in [4.78, 5) is 16.7. The van der Waals surface area contributed by atoms with Crippen LogP contribution in [-0.4, -0.2) is 61.1 Å². The summed E-state index contributed by atoms with van der Waals surface area (Å²) < 4.78 is 13.2. The van der Waals surface area contributed by atoms with Gasteiger partial charge in [0.25, 0.3) is 0 Å². The predicted molar refractivity (Wildman–Crippen MR) is 94.5 cm³/mol. The molecule has 1 aliphatic rings. The van der Waals surface area contributed by atoms with Gasteiger partial charge in [0.1, 0.15) is 5.82 Å². The van der Waals surface area contributed by atoms with Gasteiger partial charge < -0.3 is 15.5 Å². The molecule has 0 spiro atoms. The molecule has 0 radical (unpaired) electrons. The van der Waals surface area contributed by atoms with Crippen LogP contribution in [-0.2, 0) is 0 Å². The molecule has 2 amide bonds. The van der Waals surface area contributed by atoms with E-state index >= 15 is 0 Å². The molecule has 1 unspecified atom stereocenters. The maximum atomic E-state index is 13.2. The van der Waals surface area contributed by atoms with Crippen LogP contribution in [0.15, 0.2) is 24.3 Å². The number of carbonyl (C=O) groups excluding carboxylic acids is 1. The molecule has 0 bridgehead atoms. The highest BCUT2D eigenvalue weighted by Crippen LogP contribution is 2.22. The van der Waals surface area contributed by atoms with Crippen molar-refractivity contribution in [3.8, 4) is 0 Å². The van der Waals surface area contributed by atoms with E-state index in [1.54, 1.807) is 0 Å². The second-order valence-corrected chi connectivity index (χ2v) is 7.49. The first-order chi connectivity index (χ1) is 11.2. The molecular formula is C18H29FN4O. The fraction of sp³-hybridized carbons (Fsp3) is 0.611. The van der Waals surface area contributed by atoms with Gasteiger partial charge in [-0.2, -0.15) is 0 Å². The number of hydrogen-bond acceptors (Lipinski definition) is 3. The van der Waals surface area contributed by atoms with E-state index in [2.05, 4.69) is 27.5 Å². The first-order valence-corrected chi connectivity index (χ1v) is 8.49. The predicted octanol–water partition coefficient (Wildman–Crippen LogP) is 2.21. The summed E-state index contributed by atoms with van der Waals surface area (Å²) in [5.41, 5.74) is 0.750. The Morgan fingerprint density at radius 1 is 1.17 bits per heavy atom. The van der Waals surface area contributed by atoms with E-state index in [0.717, 1.165) is 31.7 Å². The third-order valence-corrected chi connectivity index (χ3v) is 4.18. The Bertz CT molecular complexity index is 533. The first kappa shape index (κ1) is 18.7. The van der Waals surface area contributed by atoms with Gasteiger partial charge in [0.15, 0.2) is 0 Å². The van der Waals surface area contributed by atoms with Gasteiger partial charge in [-0.15, -0.1) is 0 Å². The third kappa shape index (κ3) is 5.76. The van der Waals surface area contributed by atoms with Crippen molar-refractivity contribution in [2.45, 2.75) is 32.4 Å². The molecule has 6 heteroatoms. The summed E-state index contributed by atoms with van der Waals surface area (Å²) in [5, 5.41) is 5.87. The average Bonchev–Trinajstić information content (AvgIpc) is 2.49. The quantitative estimate of drug-likeness (QED) is 0.886. The first-order valence-electron chi connectivity index (χ1n) is 8.49. The maximum Gasteiger partial charge on any atom is 0.315 e. The third-order valence-electron chi connectivity index (χ3n) is 4.18. The standard InChI is InChI=1S/C18H29FN4O/c1-18(2,3)21-17(24)20-13-16(14-5-7-15(19)8-6-14)23-11-9-22(4)10-12-23/h5-8,16H,9-13H2,1-4H3,(H2,20,21,24). The van der Waals surface area contributed by atoms with Gasteiger partial charge in [-0.05, 0) is 45.5 Å². The van der Waals surface area contributed by atoms with Gasteiger partial charge in [-0.3, -0.25) is 4.90 Å². The minimum Gasteiger partial charge on any atom is -0.336 e. The second-order valence-electron chi connectivity index (χ2n) is 7.49. The zero-order valence-electron chi connectivity index (χ0n) is 15.1. The van der Waals surface area contributed by atoms with E-state index in [9.17, 15) is 9.18 Å². The smallest absolute Gasteiger partial charge is 0.315 e. The van der Waals surface area contributed by atoms with Crippen molar-refractivity contribution in [3.63, 3.8) is 0 Å². The normalized spacial score (nSPS) is 18.2. The second kappa shape index (κ2) is 7.94. The number of likely N-dealkylation sites (N-methyl/N-ethyl adjacent to an activating group) is 1. The minimum atomic E-state index is -0.275. The van der Waals surface area contributed by atoms with Crippen molar-refractivity contribution in [3.05, 3.63) is 35.6 Å². The van der Waals surface area contributed by atoms with Crippen molar-refractivity contribution < 1.29 is 9.18 Å². The summed E-state index contributed by atoms with van der Waals surface area (Å²) in [6.45, 7) is 10.2. The Labute approximate surface area is 144 Å². The highest BCUT2D eigenvalue weighted by Gasteiger charge is 2.25. The molecule has 1 atom stereocenters. The molecule has 1 heterocycles. The lowest BCUT2D eigenvalue weighted by Crippen LogP contribution is -2.51. The van der Waals surface area contributed by atoms with Crippen LogP contribution in [0.1, 0.15) is 32.4 Å². The summed E-state index contributed by atoms with van der Waals surface area (Å²) in [7, 11) is 2.11. The number of amides is 2. The van der Waals surface area contributed by atoms with Crippen LogP contribution in [0.5, 0.6) is 0 Å². The van der Waals surface area contributed by atoms with Gasteiger partial charge in [-0.1, -0.05) is 12.1 Å². The Morgan fingerprint density at radius 3 is 2.29 bits per heavy atom. The van der Waals surface area contributed by atoms with Crippen LogP contribution in [0.4, 0.5) is 9.18 Å². The molecule has 0 aliphatic carbocycles. The number of rotatable bonds is 4. The summed E-state index contributed by atoms with van der Waals surface area (Å²) >= 11 is 0. The Kier molecular flexibility index (Phi) is 6.18. The van der Waals surface area contributed by atoms with Crippen LogP contribution in [0.3, 0.4) is 0 Å². The molecule has 2 rings (SSSR count). The topological polar surface area (TPSA) is 47.6 Å². The Balaban J connectivity index is 2.05. The van der Waals surface area contributed by atoms with Crippen molar-refractivity contribution in [2.75, 3.05) is 39.8 Å². The van der Waals surface area contributed by atoms with E-state index in [1.165, 1.54) is 12.1 Å². The number of piperazine rings is 1. The lowest BCUT2D eigenvalue weighted by Gasteiger charge is -2.38. The van der Waals surface area contributed by atoms with Crippen LogP contribution < -0.4 is 10.6 Å². The van der Waals surface area contributed by atoms with Gasteiger partial charge in [0, 0.05) is 38.3 Å². The van der Waals surface area contributed by atoms with Crippen LogP contribution in [0.25, 0.3) is 0 Å². The van der Waals surface area contributed by atoms with Crippen LogP contribution >= 0.6 is 0 Å². The zero-order chi connectivity index (χ0) is 17.7. The van der Waals surface area contributed by atoms with E-state index in [-0.39, 0.29) is 23.4 Å².